The number of isocyanates is 1. The van der Waals surface area contributed by atoms with Crippen molar-refractivity contribution < 1.29 is 13.9 Å². The zero-order valence-electron chi connectivity index (χ0n) is 11.6. The summed E-state index contributed by atoms with van der Waals surface area (Å²) in [6.45, 7) is 3.79. The van der Waals surface area contributed by atoms with E-state index in [4.69, 9.17) is 4.74 Å². The normalized spacial score (nSPS) is 28.7. The number of fused-ring (bicyclic) bond motifs is 1. The zero-order chi connectivity index (χ0) is 15.0. The Morgan fingerprint density at radius 2 is 2.29 bits per heavy atom. The van der Waals surface area contributed by atoms with Crippen LogP contribution >= 0.6 is 0 Å². The van der Waals surface area contributed by atoms with Crippen LogP contribution in [0.15, 0.2) is 17.6 Å². The van der Waals surface area contributed by atoms with Crippen molar-refractivity contribution in [2.45, 2.75) is 38.8 Å². The first-order valence-corrected chi connectivity index (χ1v) is 6.72. The van der Waals surface area contributed by atoms with Gasteiger partial charge in [-0.3, -0.25) is 4.57 Å². The molecule has 0 aliphatic carbocycles. The van der Waals surface area contributed by atoms with Gasteiger partial charge in [0.25, 0.3) is 0 Å². The van der Waals surface area contributed by atoms with Crippen molar-refractivity contribution in [2.75, 3.05) is 0 Å². The minimum atomic E-state index is -1.15. The van der Waals surface area contributed by atoms with Gasteiger partial charge in [-0.1, -0.05) is 13.8 Å². The Morgan fingerprint density at radius 3 is 2.95 bits per heavy atom. The number of hydrogen-bond acceptors (Lipinski definition) is 6. The van der Waals surface area contributed by atoms with Gasteiger partial charge < -0.3 is 4.74 Å². The van der Waals surface area contributed by atoms with Crippen molar-refractivity contribution in [2.24, 2.45) is 10.9 Å². The first kappa shape index (κ1) is 13.8. The Balaban J connectivity index is 2.06. The largest absolute Gasteiger partial charge is 0.351 e. The Morgan fingerprint density at radius 1 is 1.48 bits per heavy atom. The van der Waals surface area contributed by atoms with E-state index < -0.39 is 12.4 Å². The first-order valence-electron chi connectivity index (χ1n) is 6.72. The SMILES string of the molecule is CC[C@H]1O[C@@H](n2cnc3c(N=C=O)ncnc32)[C@H](F)[C@@H]1C. The maximum atomic E-state index is 14.5. The van der Waals surface area contributed by atoms with E-state index in [0.717, 1.165) is 6.42 Å². The van der Waals surface area contributed by atoms with Gasteiger partial charge in [-0.25, -0.2) is 24.1 Å². The van der Waals surface area contributed by atoms with Gasteiger partial charge in [0, 0.05) is 5.92 Å². The zero-order valence-corrected chi connectivity index (χ0v) is 11.6. The van der Waals surface area contributed by atoms with Gasteiger partial charge >= 0.3 is 0 Å². The molecule has 8 heteroatoms. The van der Waals surface area contributed by atoms with Crippen LogP contribution in [0.4, 0.5) is 10.2 Å². The highest BCUT2D eigenvalue weighted by atomic mass is 19.1. The highest BCUT2D eigenvalue weighted by Crippen LogP contribution is 2.38. The van der Waals surface area contributed by atoms with Crippen LogP contribution in [-0.4, -0.2) is 37.9 Å². The highest BCUT2D eigenvalue weighted by Gasteiger charge is 2.43. The molecule has 0 aromatic carbocycles. The Hall–Kier alpha value is -2.18. The second-order valence-electron chi connectivity index (χ2n) is 5.00. The molecule has 7 nitrogen and oxygen atoms in total. The third-order valence-corrected chi connectivity index (χ3v) is 3.84. The predicted octanol–water partition coefficient (Wildman–Crippen LogP) is 2.08. The lowest BCUT2D eigenvalue weighted by Crippen LogP contribution is -2.19. The fourth-order valence-corrected chi connectivity index (χ4v) is 2.68. The molecule has 3 rings (SSSR count). The van der Waals surface area contributed by atoms with Crippen molar-refractivity contribution >= 4 is 23.1 Å². The number of imidazole rings is 1. The van der Waals surface area contributed by atoms with Crippen molar-refractivity contribution in [3.63, 3.8) is 0 Å². The molecule has 0 N–H and O–H groups in total. The van der Waals surface area contributed by atoms with E-state index in [-0.39, 0.29) is 17.8 Å². The summed E-state index contributed by atoms with van der Waals surface area (Å²) in [5.74, 6) is -0.0889. The van der Waals surface area contributed by atoms with E-state index in [1.165, 1.54) is 23.3 Å². The van der Waals surface area contributed by atoms with E-state index >= 15 is 0 Å². The minimum Gasteiger partial charge on any atom is -0.351 e. The minimum absolute atomic E-state index is 0.113. The molecule has 110 valence electrons. The van der Waals surface area contributed by atoms with Gasteiger partial charge in [-0.05, 0) is 6.42 Å². The average molecular weight is 291 g/mol. The quantitative estimate of drug-likeness (QED) is 0.638. The third kappa shape index (κ3) is 2.12. The van der Waals surface area contributed by atoms with Crippen LogP contribution in [0, 0.1) is 5.92 Å². The van der Waals surface area contributed by atoms with Crippen LogP contribution in [0.2, 0.25) is 0 Å². The fraction of sp³-hybridized carbons (Fsp3) is 0.538. The molecular formula is C13H14FN5O2. The van der Waals surface area contributed by atoms with Gasteiger partial charge in [-0.2, -0.15) is 0 Å². The summed E-state index contributed by atoms with van der Waals surface area (Å²) in [7, 11) is 0. The van der Waals surface area contributed by atoms with Crippen molar-refractivity contribution in [3.8, 4) is 0 Å². The lowest BCUT2D eigenvalue weighted by atomic mass is 10.00. The molecule has 0 saturated carbocycles. The molecular weight excluding hydrogens is 277 g/mol. The molecule has 0 spiro atoms. The van der Waals surface area contributed by atoms with Crippen LogP contribution < -0.4 is 0 Å². The van der Waals surface area contributed by atoms with Crippen LogP contribution in [0.5, 0.6) is 0 Å². The molecule has 0 radical (unpaired) electrons. The third-order valence-electron chi connectivity index (χ3n) is 3.84. The molecule has 1 aliphatic heterocycles. The summed E-state index contributed by atoms with van der Waals surface area (Å²) in [6, 6.07) is 0. The molecule has 0 unspecified atom stereocenters. The van der Waals surface area contributed by atoms with Crippen LogP contribution in [0.3, 0.4) is 0 Å². The summed E-state index contributed by atoms with van der Waals surface area (Å²) in [5, 5.41) is 0. The second-order valence-corrected chi connectivity index (χ2v) is 5.00. The van der Waals surface area contributed by atoms with Crippen molar-refractivity contribution in [3.05, 3.63) is 12.7 Å². The molecule has 2 aromatic heterocycles. The van der Waals surface area contributed by atoms with Crippen LogP contribution in [0.25, 0.3) is 11.2 Å². The highest BCUT2D eigenvalue weighted by molar-refractivity contribution is 5.82. The van der Waals surface area contributed by atoms with E-state index in [1.54, 1.807) is 0 Å². The van der Waals surface area contributed by atoms with E-state index in [2.05, 4.69) is 19.9 Å². The predicted molar refractivity (Wildman–Crippen MR) is 71.4 cm³/mol. The van der Waals surface area contributed by atoms with Gasteiger partial charge in [0.15, 0.2) is 29.4 Å². The van der Waals surface area contributed by atoms with Crippen molar-refractivity contribution in [1.82, 2.24) is 19.5 Å². The fourth-order valence-electron chi connectivity index (χ4n) is 2.68. The molecule has 4 atom stereocenters. The van der Waals surface area contributed by atoms with E-state index in [9.17, 15) is 9.18 Å². The molecule has 0 bridgehead atoms. The Kier molecular flexibility index (Phi) is 3.48. The lowest BCUT2D eigenvalue weighted by Gasteiger charge is -2.15. The number of hydrogen-bond donors (Lipinski definition) is 0. The van der Waals surface area contributed by atoms with Gasteiger partial charge in [0.1, 0.15) is 6.33 Å². The van der Waals surface area contributed by atoms with Crippen molar-refractivity contribution in [1.29, 1.82) is 0 Å². The lowest BCUT2D eigenvalue weighted by molar-refractivity contribution is -0.0186. The number of alkyl halides is 1. The monoisotopic (exact) mass is 291 g/mol. The van der Waals surface area contributed by atoms with E-state index in [1.807, 2.05) is 13.8 Å². The first-order chi connectivity index (χ1) is 10.2. The molecule has 1 aliphatic rings. The number of nitrogens with zero attached hydrogens (tertiary/aromatic N) is 5. The number of halogens is 1. The Bertz CT molecular complexity index is 712. The standard InChI is InChI=1S/C13H14FN5O2/c1-3-8-7(2)9(14)13(21-8)19-5-17-10-11(18-6-20)15-4-16-12(10)19/h4-5,7-9,13H,3H2,1-2H3/t7-,8-,9-,13-/m1/s1. The Labute approximate surface area is 119 Å². The summed E-state index contributed by atoms with van der Waals surface area (Å²) >= 11 is 0. The second kappa shape index (κ2) is 5.31. The van der Waals surface area contributed by atoms with Crippen LogP contribution in [0.1, 0.15) is 26.5 Å². The number of aliphatic imine (C=N–C) groups is 1. The summed E-state index contributed by atoms with van der Waals surface area (Å²) in [4.78, 5) is 25.9. The molecule has 0 amide bonds. The van der Waals surface area contributed by atoms with Gasteiger partial charge in [0.05, 0.1) is 12.4 Å². The maximum absolute atomic E-state index is 14.5. The molecule has 3 heterocycles. The number of aromatic nitrogens is 4. The molecule has 2 aromatic rings. The average Bonchev–Trinajstić information content (AvgIpc) is 3.03. The van der Waals surface area contributed by atoms with Crippen LogP contribution in [-0.2, 0) is 9.53 Å². The molecule has 1 fully saturated rings. The van der Waals surface area contributed by atoms with Gasteiger partial charge in [-0.15, -0.1) is 4.99 Å². The number of carbonyl (C=O) groups excluding carboxylic acids is 1. The van der Waals surface area contributed by atoms with E-state index in [0.29, 0.717) is 11.2 Å². The maximum Gasteiger partial charge on any atom is 0.242 e. The smallest absolute Gasteiger partial charge is 0.242 e. The molecule has 1 saturated heterocycles. The number of ether oxygens (including phenoxy) is 1. The summed E-state index contributed by atoms with van der Waals surface area (Å²) < 4.78 is 21.7. The van der Waals surface area contributed by atoms with Gasteiger partial charge in [0.2, 0.25) is 6.08 Å². The number of rotatable bonds is 3. The molecule has 21 heavy (non-hydrogen) atoms. The summed E-state index contributed by atoms with van der Waals surface area (Å²) in [6.07, 6.45) is 2.76. The summed E-state index contributed by atoms with van der Waals surface area (Å²) in [5.41, 5.74) is 0.708. The topological polar surface area (TPSA) is 82.3 Å².